The van der Waals surface area contributed by atoms with Crippen LogP contribution in [0, 0.1) is 6.92 Å². The Hall–Kier alpha value is -0.830. The van der Waals surface area contributed by atoms with E-state index in [1.165, 1.54) is 15.3 Å². The fourth-order valence-corrected chi connectivity index (χ4v) is 3.06. The summed E-state index contributed by atoms with van der Waals surface area (Å²) in [5.74, 6) is 0. The van der Waals surface area contributed by atoms with Gasteiger partial charge in [0.15, 0.2) is 0 Å². The summed E-state index contributed by atoms with van der Waals surface area (Å²) in [6, 6.07) is 10.5. The number of thiophene rings is 1. The summed E-state index contributed by atoms with van der Waals surface area (Å²) >= 11 is 8.03. The minimum Gasteiger partial charge on any atom is -0.315 e. The van der Waals surface area contributed by atoms with E-state index in [1.807, 2.05) is 13.1 Å². The zero-order valence-electron chi connectivity index (χ0n) is 9.38. The summed E-state index contributed by atoms with van der Waals surface area (Å²) in [5, 5.41) is 3.98. The summed E-state index contributed by atoms with van der Waals surface area (Å²) in [5.41, 5.74) is 2.32. The molecule has 1 aromatic carbocycles. The monoisotopic (exact) mass is 251 g/mol. The van der Waals surface area contributed by atoms with Crippen molar-refractivity contribution in [2.45, 2.75) is 13.5 Å². The molecular weight excluding hydrogens is 238 g/mol. The first kappa shape index (κ1) is 11.6. The quantitative estimate of drug-likeness (QED) is 0.866. The topological polar surface area (TPSA) is 12.0 Å². The van der Waals surface area contributed by atoms with Gasteiger partial charge in [0.05, 0.1) is 0 Å². The second kappa shape index (κ2) is 5.00. The van der Waals surface area contributed by atoms with Gasteiger partial charge in [-0.1, -0.05) is 23.7 Å². The van der Waals surface area contributed by atoms with Crippen molar-refractivity contribution in [1.29, 1.82) is 0 Å². The molecule has 1 nitrogen and oxygen atoms in total. The van der Waals surface area contributed by atoms with Crippen LogP contribution in [0.5, 0.6) is 0 Å². The van der Waals surface area contributed by atoms with Crippen molar-refractivity contribution in [2.75, 3.05) is 7.05 Å². The number of nitrogens with one attached hydrogen (secondary N) is 1. The molecule has 0 radical (unpaired) electrons. The molecule has 84 valence electrons. The van der Waals surface area contributed by atoms with Crippen LogP contribution in [0.25, 0.3) is 10.4 Å². The number of hydrogen-bond acceptors (Lipinski definition) is 2. The molecule has 2 rings (SSSR count). The van der Waals surface area contributed by atoms with Crippen LogP contribution >= 0.6 is 22.9 Å². The lowest BCUT2D eigenvalue weighted by Crippen LogP contribution is -2.02. The number of hydrogen-bond donors (Lipinski definition) is 1. The molecular formula is C13H14ClNS. The molecule has 0 unspecified atom stereocenters. The van der Waals surface area contributed by atoms with E-state index in [2.05, 4.69) is 36.5 Å². The Morgan fingerprint density at radius 2 is 2.06 bits per heavy atom. The van der Waals surface area contributed by atoms with E-state index >= 15 is 0 Å². The molecule has 16 heavy (non-hydrogen) atoms. The Bertz CT molecular complexity index is 490. The number of rotatable bonds is 3. The first-order chi connectivity index (χ1) is 7.70. The summed E-state index contributed by atoms with van der Waals surface area (Å²) in [7, 11) is 1.96. The molecule has 0 saturated carbocycles. The molecule has 1 aromatic heterocycles. The van der Waals surface area contributed by atoms with Crippen LogP contribution in [-0.4, -0.2) is 7.05 Å². The van der Waals surface area contributed by atoms with Gasteiger partial charge in [-0.15, -0.1) is 11.3 Å². The predicted molar refractivity (Wildman–Crippen MR) is 72.3 cm³/mol. The third kappa shape index (κ3) is 2.46. The molecule has 0 amide bonds. The number of aryl methyl sites for hydroxylation is 1. The Morgan fingerprint density at radius 1 is 1.25 bits per heavy atom. The molecule has 2 aromatic rings. The molecule has 0 aliphatic heterocycles. The Labute approximate surface area is 105 Å². The maximum absolute atomic E-state index is 6.24. The van der Waals surface area contributed by atoms with E-state index in [0.717, 1.165) is 17.1 Å². The van der Waals surface area contributed by atoms with E-state index in [1.54, 1.807) is 11.3 Å². The van der Waals surface area contributed by atoms with Crippen molar-refractivity contribution >= 4 is 22.9 Å². The zero-order valence-corrected chi connectivity index (χ0v) is 11.0. The minimum absolute atomic E-state index is 0.831. The van der Waals surface area contributed by atoms with Gasteiger partial charge in [0, 0.05) is 26.9 Å². The van der Waals surface area contributed by atoms with Gasteiger partial charge >= 0.3 is 0 Å². The highest BCUT2D eigenvalue weighted by Gasteiger charge is 2.06. The smallest absolute Gasteiger partial charge is 0.0495 e. The normalized spacial score (nSPS) is 10.7. The van der Waals surface area contributed by atoms with Gasteiger partial charge in [-0.25, -0.2) is 0 Å². The lowest BCUT2D eigenvalue weighted by atomic mass is 10.1. The fourth-order valence-electron chi connectivity index (χ4n) is 1.61. The van der Waals surface area contributed by atoms with Crippen LogP contribution in [0.1, 0.15) is 10.4 Å². The van der Waals surface area contributed by atoms with E-state index in [-0.39, 0.29) is 0 Å². The van der Waals surface area contributed by atoms with Crippen molar-refractivity contribution in [3.05, 3.63) is 45.8 Å². The Kier molecular flexibility index (Phi) is 3.64. The molecule has 0 spiro atoms. The maximum atomic E-state index is 6.24. The lowest BCUT2D eigenvalue weighted by molar-refractivity contribution is 0.831. The van der Waals surface area contributed by atoms with E-state index < -0.39 is 0 Å². The third-order valence-electron chi connectivity index (χ3n) is 2.40. The SMILES string of the molecule is CNCc1ccc(-c2ccc(C)cc2Cl)s1. The molecule has 0 saturated heterocycles. The minimum atomic E-state index is 0.831. The van der Waals surface area contributed by atoms with Crippen molar-refractivity contribution in [2.24, 2.45) is 0 Å². The molecule has 0 atom stereocenters. The van der Waals surface area contributed by atoms with Crippen LogP contribution in [0.2, 0.25) is 5.02 Å². The van der Waals surface area contributed by atoms with Gasteiger partial charge in [0.1, 0.15) is 0 Å². The molecule has 0 aliphatic carbocycles. The van der Waals surface area contributed by atoms with Crippen molar-refractivity contribution in [1.82, 2.24) is 5.32 Å². The molecule has 1 heterocycles. The molecule has 0 fully saturated rings. The summed E-state index contributed by atoms with van der Waals surface area (Å²) < 4.78 is 0. The standard InChI is InChI=1S/C13H14ClNS/c1-9-3-5-11(12(14)7-9)13-6-4-10(16-13)8-15-2/h3-7,15H,8H2,1-2H3. The zero-order chi connectivity index (χ0) is 11.5. The van der Waals surface area contributed by atoms with Gasteiger partial charge in [-0.2, -0.15) is 0 Å². The highest BCUT2D eigenvalue weighted by Crippen LogP contribution is 2.33. The highest BCUT2D eigenvalue weighted by molar-refractivity contribution is 7.15. The van der Waals surface area contributed by atoms with E-state index in [9.17, 15) is 0 Å². The van der Waals surface area contributed by atoms with Gasteiger partial charge in [0.25, 0.3) is 0 Å². The molecule has 0 aliphatic rings. The second-order valence-electron chi connectivity index (χ2n) is 3.78. The predicted octanol–water partition coefficient (Wildman–Crippen LogP) is 4.10. The largest absolute Gasteiger partial charge is 0.315 e. The Morgan fingerprint density at radius 3 is 2.75 bits per heavy atom. The van der Waals surface area contributed by atoms with Gasteiger partial charge in [-0.3, -0.25) is 0 Å². The molecule has 3 heteroatoms. The Balaban J connectivity index is 2.35. The summed E-state index contributed by atoms with van der Waals surface area (Å²) in [4.78, 5) is 2.56. The van der Waals surface area contributed by atoms with Gasteiger partial charge < -0.3 is 5.32 Å². The number of halogens is 1. The highest BCUT2D eigenvalue weighted by atomic mass is 35.5. The maximum Gasteiger partial charge on any atom is 0.0495 e. The van der Waals surface area contributed by atoms with Crippen LogP contribution in [0.3, 0.4) is 0 Å². The van der Waals surface area contributed by atoms with Crippen molar-refractivity contribution in [3.63, 3.8) is 0 Å². The van der Waals surface area contributed by atoms with E-state index in [4.69, 9.17) is 11.6 Å². The van der Waals surface area contributed by atoms with Crippen molar-refractivity contribution < 1.29 is 0 Å². The van der Waals surface area contributed by atoms with Crippen LogP contribution < -0.4 is 5.32 Å². The fraction of sp³-hybridized carbons (Fsp3) is 0.231. The second-order valence-corrected chi connectivity index (χ2v) is 5.36. The van der Waals surface area contributed by atoms with Crippen LogP contribution in [-0.2, 0) is 6.54 Å². The third-order valence-corrected chi connectivity index (χ3v) is 3.83. The first-order valence-corrected chi connectivity index (χ1v) is 6.40. The van der Waals surface area contributed by atoms with E-state index in [0.29, 0.717) is 0 Å². The molecule has 1 N–H and O–H groups in total. The first-order valence-electron chi connectivity index (χ1n) is 5.20. The summed E-state index contributed by atoms with van der Waals surface area (Å²) in [6.07, 6.45) is 0. The summed E-state index contributed by atoms with van der Waals surface area (Å²) in [6.45, 7) is 2.96. The van der Waals surface area contributed by atoms with Crippen LogP contribution in [0.4, 0.5) is 0 Å². The number of benzene rings is 1. The van der Waals surface area contributed by atoms with Crippen molar-refractivity contribution in [3.8, 4) is 10.4 Å². The lowest BCUT2D eigenvalue weighted by Gasteiger charge is -2.02. The van der Waals surface area contributed by atoms with Gasteiger partial charge in [0.2, 0.25) is 0 Å². The van der Waals surface area contributed by atoms with Gasteiger partial charge in [-0.05, 0) is 37.7 Å². The molecule has 0 bridgehead atoms. The van der Waals surface area contributed by atoms with Crippen LogP contribution in [0.15, 0.2) is 30.3 Å². The average Bonchev–Trinajstić information content (AvgIpc) is 2.67. The average molecular weight is 252 g/mol.